The molecule has 0 saturated carbocycles. The summed E-state index contributed by atoms with van der Waals surface area (Å²) in [6.45, 7) is 0. The summed E-state index contributed by atoms with van der Waals surface area (Å²) < 4.78 is 18.7. The number of benzene rings is 2. The predicted octanol–water partition coefficient (Wildman–Crippen LogP) is 2.47. The number of phenols is 1. The van der Waals surface area contributed by atoms with Crippen LogP contribution in [-0.2, 0) is 0 Å². The third-order valence-electron chi connectivity index (χ3n) is 2.90. The lowest BCUT2D eigenvalue weighted by molar-refractivity contribution is 0.0696. The molecule has 0 atom stereocenters. The number of carbonyl (C=O) groups is 2. The third kappa shape index (κ3) is 2.84. The Morgan fingerprint density at radius 1 is 1.10 bits per heavy atom. The molecule has 0 aliphatic heterocycles. The molecule has 2 aromatic carbocycles. The summed E-state index contributed by atoms with van der Waals surface area (Å²) >= 11 is 0. The average molecular weight is 290 g/mol. The van der Waals surface area contributed by atoms with Crippen LogP contribution in [0.5, 0.6) is 11.5 Å². The number of rotatable bonds is 4. The highest BCUT2D eigenvalue weighted by atomic mass is 19.1. The minimum Gasteiger partial charge on any atom is -0.507 e. The Labute approximate surface area is 119 Å². The number of methoxy groups -OCH3 is 1. The van der Waals surface area contributed by atoms with Gasteiger partial charge in [-0.05, 0) is 12.1 Å². The van der Waals surface area contributed by atoms with Gasteiger partial charge in [0.25, 0.3) is 0 Å². The number of ether oxygens (including phenoxy) is 1. The number of ketones is 1. The Hall–Kier alpha value is -2.89. The second-order valence-corrected chi connectivity index (χ2v) is 4.21. The van der Waals surface area contributed by atoms with E-state index >= 15 is 0 Å². The largest absolute Gasteiger partial charge is 0.507 e. The number of hydrogen-bond donors (Lipinski definition) is 2. The fraction of sp³-hybridized carbons (Fsp3) is 0.0667. The molecule has 21 heavy (non-hydrogen) atoms. The minimum atomic E-state index is -1.13. The SMILES string of the molecule is COc1cc(O)c(C(=O)c2ccc(C(=O)O)cc2)c(F)c1. The zero-order chi connectivity index (χ0) is 15.6. The topological polar surface area (TPSA) is 83.8 Å². The number of carboxylic acid groups (broad SMARTS) is 1. The Bertz CT molecular complexity index is 683. The number of carboxylic acids is 1. The molecular weight excluding hydrogens is 279 g/mol. The fourth-order valence-corrected chi connectivity index (χ4v) is 1.82. The van der Waals surface area contributed by atoms with Crippen LogP contribution >= 0.6 is 0 Å². The molecule has 0 saturated heterocycles. The van der Waals surface area contributed by atoms with Gasteiger partial charge in [-0.25, -0.2) is 9.18 Å². The van der Waals surface area contributed by atoms with Gasteiger partial charge < -0.3 is 14.9 Å². The van der Waals surface area contributed by atoms with E-state index in [0.29, 0.717) is 0 Å². The molecule has 2 N–H and O–H groups in total. The molecule has 0 heterocycles. The van der Waals surface area contributed by atoms with Gasteiger partial charge in [0.2, 0.25) is 0 Å². The summed E-state index contributed by atoms with van der Waals surface area (Å²) in [4.78, 5) is 22.9. The predicted molar refractivity (Wildman–Crippen MR) is 71.5 cm³/mol. The molecule has 0 aromatic heterocycles. The highest BCUT2D eigenvalue weighted by molar-refractivity contribution is 6.11. The van der Waals surface area contributed by atoms with Gasteiger partial charge in [0, 0.05) is 17.7 Å². The zero-order valence-electron chi connectivity index (χ0n) is 11.0. The molecule has 6 heteroatoms. The molecule has 5 nitrogen and oxygen atoms in total. The van der Waals surface area contributed by atoms with Crippen LogP contribution in [0.2, 0.25) is 0 Å². The normalized spacial score (nSPS) is 10.2. The van der Waals surface area contributed by atoms with Gasteiger partial charge in [0.1, 0.15) is 22.9 Å². The third-order valence-corrected chi connectivity index (χ3v) is 2.90. The first-order valence-corrected chi connectivity index (χ1v) is 5.88. The van der Waals surface area contributed by atoms with E-state index in [9.17, 15) is 19.1 Å². The number of halogens is 1. The lowest BCUT2D eigenvalue weighted by Gasteiger charge is -2.08. The summed E-state index contributed by atoms with van der Waals surface area (Å²) in [5.41, 5.74) is -0.413. The van der Waals surface area contributed by atoms with Crippen molar-refractivity contribution in [1.29, 1.82) is 0 Å². The molecule has 0 aliphatic carbocycles. The van der Waals surface area contributed by atoms with Gasteiger partial charge >= 0.3 is 5.97 Å². The lowest BCUT2D eigenvalue weighted by Crippen LogP contribution is -2.06. The van der Waals surface area contributed by atoms with Crippen LogP contribution < -0.4 is 4.74 Å². The molecule has 108 valence electrons. The van der Waals surface area contributed by atoms with E-state index in [1.807, 2.05) is 0 Å². The van der Waals surface area contributed by atoms with E-state index in [1.54, 1.807) is 0 Å². The van der Waals surface area contributed by atoms with Crippen molar-refractivity contribution in [3.8, 4) is 11.5 Å². The van der Waals surface area contributed by atoms with E-state index in [0.717, 1.165) is 12.1 Å². The van der Waals surface area contributed by atoms with Crippen LogP contribution in [0.1, 0.15) is 26.3 Å². The van der Waals surface area contributed by atoms with Gasteiger partial charge in [-0.1, -0.05) is 12.1 Å². The van der Waals surface area contributed by atoms with Crippen molar-refractivity contribution in [3.05, 3.63) is 58.9 Å². The van der Waals surface area contributed by atoms with E-state index in [4.69, 9.17) is 9.84 Å². The maximum Gasteiger partial charge on any atom is 0.335 e. The van der Waals surface area contributed by atoms with E-state index in [-0.39, 0.29) is 16.9 Å². The number of aromatic hydroxyl groups is 1. The lowest BCUT2D eigenvalue weighted by atomic mass is 10.0. The summed E-state index contributed by atoms with van der Waals surface area (Å²) in [7, 11) is 1.31. The quantitative estimate of drug-likeness (QED) is 0.845. The van der Waals surface area contributed by atoms with Gasteiger partial charge in [0.15, 0.2) is 5.78 Å². The standard InChI is InChI=1S/C15H11FO5/c1-21-10-6-11(16)13(12(17)7-10)14(18)8-2-4-9(5-3-8)15(19)20/h2-7,17H,1H3,(H,19,20). The molecule has 0 radical (unpaired) electrons. The molecule has 0 amide bonds. The zero-order valence-corrected chi connectivity index (χ0v) is 11.0. The molecule has 2 aromatic rings. The Morgan fingerprint density at radius 3 is 2.14 bits per heavy atom. The second-order valence-electron chi connectivity index (χ2n) is 4.21. The summed E-state index contributed by atoms with van der Waals surface area (Å²) in [6, 6.07) is 7.09. The summed E-state index contributed by atoms with van der Waals surface area (Å²) in [5, 5.41) is 18.5. The fourth-order valence-electron chi connectivity index (χ4n) is 1.82. The van der Waals surface area contributed by atoms with Crippen LogP contribution in [0.15, 0.2) is 36.4 Å². The Balaban J connectivity index is 2.42. The maximum atomic E-state index is 13.9. The first-order chi connectivity index (χ1) is 9.93. The molecule has 0 unspecified atom stereocenters. The monoisotopic (exact) mass is 290 g/mol. The van der Waals surface area contributed by atoms with Crippen molar-refractivity contribution >= 4 is 11.8 Å². The Kier molecular flexibility index (Phi) is 3.89. The van der Waals surface area contributed by atoms with Gasteiger partial charge in [-0.3, -0.25) is 4.79 Å². The van der Waals surface area contributed by atoms with Crippen molar-refractivity contribution in [1.82, 2.24) is 0 Å². The summed E-state index contributed by atoms with van der Waals surface area (Å²) in [6.07, 6.45) is 0. The van der Waals surface area contributed by atoms with Crippen LogP contribution in [0, 0.1) is 5.82 Å². The number of phenolic OH excluding ortho intramolecular Hbond substituents is 1. The van der Waals surface area contributed by atoms with Gasteiger partial charge in [0.05, 0.1) is 12.7 Å². The van der Waals surface area contributed by atoms with E-state index in [2.05, 4.69) is 0 Å². The minimum absolute atomic E-state index is 0.00553. The van der Waals surface area contributed by atoms with Crippen LogP contribution in [0.25, 0.3) is 0 Å². The van der Waals surface area contributed by atoms with Gasteiger partial charge in [-0.2, -0.15) is 0 Å². The molecule has 0 aliphatic rings. The molecule has 2 rings (SSSR count). The van der Waals surface area contributed by atoms with Crippen molar-refractivity contribution < 1.29 is 28.9 Å². The van der Waals surface area contributed by atoms with Crippen molar-refractivity contribution in [2.45, 2.75) is 0 Å². The highest BCUT2D eigenvalue weighted by Gasteiger charge is 2.20. The van der Waals surface area contributed by atoms with E-state index < -0.39 is 28.9 Å². The van der Waals surface area contributed by atoms with Crippen LogP contribution in [-0.4, -0.2) is 29.1 Å². The van der Waals surface area contributed by atoms with Crippen molar-refractivity contribution in [2.75, 3.05) is 7.11 Å². The van der Waals surface area contributed by atoms with E-state index in [1.165, 1.54) is 31.4 Å². The maximum absolute atomic E-state index is 13.9. The molecule has 0 fully saturated rings. The molecule has 0 bridgehead atoms. The smallest absolute Gasteiger partial charge is 0.335 e. The van der Waals surface area contributed by atoms with Crippen molar-refractivity contribution in [2.24, 2.45) is 0 Å². The number of carbonyl (C=O) groups excluding carboxylic acids is 1. The number of aromatic carboxylic acids is 1. The van der Waals surface area contributed by atoms with Crippen molar-refractivity contribution in [3.63, 3.8) is 0 Å². The van der Waals surface area contributed by atoms with Crippen LogP contribution in [0.4, 0.5) is 4.39 Å². The molecular formula is C15H11FO5. The first kappa shape index (κ1) is 14.5. The Morgan fingerprint density at radius 2 is 1.67 bits per heavy atom. The second kappa shape index (κ2) is 5.62. The highest BCUT2D eigenvalue weighted by Crippen LogP contribution is 2.28. The number of hydrogen-bond acceptors (Lipinski definition) is 4. The molecule has 0 spiro atoms. The van der Waals surface area contributed by atoms with Gasteiger partial charge in [-0.15, -0.1) is 0 Å². The van der Waals surface area contributed by atoms with Crippen LogP contribution in [0.3, 0.4) is 0 Å². The summed E-state index contributed by atoms with van der Waals surface area (Å²) in [5.74, 6) is -3.25. The first-order valence-electron chi connectivity index (χ1n) is 5.88. The average Bonchev–Trinajstić information content (AvgIpc) is 2.46.